The molecule has 3 N–H and O–H groups in total. The van der Waals surface area contributed by atoms with Gasteiger partial charge in [-0.15, -0.1) is 0 Å². The standard InChI is InChI=1S/C14H14ClN3O2/c1-20-13-4-2-3-11(15)10(13)8-18-14(19)12-6-5-9(16)7-17-12/h2-7H,8,16H2,1H3,(H,18,19). The zero-order valence-electron chi connectivity index (χ0n) is 10.9. The van der Waals surface area contributed by atoms with Gasteiger partial charge in [-0.3, -0.25) is 4.79 Å². The van der Waals surface area contributed by atoms with Crippen LogP contribution in [0.3, 0.4) is 0 Å². The summed E-state index contributed by atoms with van der Waals surface area (Å²) in [6.45, 7) is 0.258. The predicted octanol–water partition coefficient (Wildman–Crippen LogP) is 2.26. The highest BCUT2D eigenvalue weighted by Crippen LogP contribution is 2.25. The van der Waals surface area contributed by atoms with Crippen molar-refractivity contribution >= 4 is 23.2 Å². The molecule has 6 heteroatoms. The second-order valence-corrected chi connectivity index (χ2v) is 4.49. The van der Waals surface area contributed by atoms with Crippen LogP contribution in [0.1, 0.15) is 16.1 Å². The molecule has 0 unspecified atom stereocenters. The molecule has 2 aromatic rings. The van der Waals surface area contributed by atoms with Crippen molar-refractivity contribution in [2.75, 3.05) is 12.8 Å². The Balaban J connectivity index is 2.09. The lowest BCUT2D eigenvalue weighted by Gasteiger charge is -2.11. The monoisotopic (exact) mass is 291 g/mol. The third-order valence-corrected chi connectivity index (χ3v) is 3.09. The highest BCUT2D eigenvalue weighted by Gasteiger charge is 2.11. The summed E-state index contributed by atoms with van der Waals surface area (Å²) in [7, 11) is 1.55. The van der Waals surface area contributed by atoms with Gasteiger partial charge in [-0.25, -0.2) is 4.98 Å². The lowest BCUT2D eigenvalue weighted by atomic mass is 10.2. The van der Waals surface area contributed by atoms with Crippen molar-refractivity contribution in [3.63, 3.8) is 0 Å². The maximum Gasteiger partial charge on any atom is 0.270 e. The van der Waals surface area contributed by atoms with Crippen molar-refractivity contribution < 1.29 is 9.53 Å². The molecule has 1 aromatic heterocycles. The van der Waals surface area contributed by atoms with Crippen molar-refractivity contribution in [3.05, 3.63) is 52.8 Å². The molecule has 0 aliphatic carbocycles. The summed E-state index contributed by atoms with van der Waals surface area (Å²) in [5.74, 6) is 0.329. The molecule has 1 aromatic carbocycles. The van der Waals surface area contributed by atoms with E-state index in [2.05, 4.69) is 10.3 Å². The Morgan fingerprint density at radius 3 is 2.85 bits per heavy atom. The van der Waals surface area contributed by atoms with Gasteiger partial charge in [-0.2, -0.15) is 0 Å². The number of nitrogen functional groups attached to an aromatic ring is 1. The van der Waals surface area contributed by atoms with Gasteiger partial charge in [0.15, 0.2) is 0 Å². The lowest BCUT2D eigenvalue weighted by molar-refractivity contribution is 0.0946. The van der Waals surface area contributed by atoms with E-state index in [-0.39, 0.29) is 12.5 Å². The number of aromatic nitrogens is 1. The number of hydrogen-bond acceptors (Lipinski definition) is 4. The SMILES string of the molecule is COc1cccc(Cl)c1CNC(=O)c1ccc(N)cn1. The van der Waals surface area contributed by atoms with Gasteiger partial charge in [-0.05, 0) is 24.3 Å². The lowest BCUT2D eigenvalue weighted by Crippen LogP contribution is -2.24. The third kappa shape index (κ3) is 3.19. The number of methoxy groups -OCH3 is 1. The van der Waals surface area contributed by atoms with Crippen molar-refractivity contribution in [2.45, 2.75) is 6.54 Å². The zero-order valence-corrected chi connectivity index (χ0v) is 11.6. The normalized spacial score (nSPS) is 10.1. The first-order valence-corrected chi connectivity index (χ1v) is 6.30. The Kier molecular flexibility index (Phi) is 4.42. The van der Waals surface area contributed by atoms with E-state index in [0.29, 0.717) is 22.2 Å². The number of halogens is 1. The van der Waals surface area contributed by atoms with E-state index in [0.717, 1.165) is 5.56 Å². The van der Waals surface area contributed by atoms with Crippen LogP contribution in [0.2, 0.25) is 5.02 Å². The number of benzene rings is 1. The number of carbonyl (C=O) groups is 1. The summed E-state index contributed by atoms with van der Waals surface area (Å²) in [6, 6.07) is 8.50. The third-order valence-electron chi connectivity index (χ3n) is 2.74. The first kappa shape index (κ1) is 14.1. The summed E-state index contributed by atoms with van der Waals surface area (Å²) in [5, 5.41) is 3.28. The Labute approximate surface area is 121 Å². The fourth-order valence-corrected chi connectivity index (χ4v) is 1.93. The molecule has 2 rings (SSSR count). The molecule has 20 heavy (non-hydrogen) atoms. The van der Waals surface area contributed by atoms with Gasteiger partial charge in [-0.1, -0.05) is 17.7 Å². The minimum absolute atomic E-state index is 0.258. The molecule has 1 heterocycles. The van der Waals surface area contributed by atoms with Crippen LogP contribution in [-0.4, -0.2) is 18.0 Å². The summed E-state index contributed by atoms with van der Waals surface area (Å²) < 4.78 is 5.21. The summed E-state index contributed by atoms with van der Waals surface area (Å²) in [4.78, 5) is 15.9. The predicted molar refractivity (Wildman–Crippen MR) is 77.8 cm³/mol. The van der Waals surface area contributed by atoms with Gasteiger partial charge in [0.2, 0.25) is 0 Å². The van der Waals surface area contributed by atoms with Gasteiger partial charge in [0, 0.05) is 17.1 Å². The van der Waals surface area contributed by atoms with Crippen molar-refractivity contribution in [3.8, 4) is 5.75 Å². The number of nitrogens with one attached hydrogen (secondary N) is 1. The van der Waals surface area contributed by atoms with Gasteiger partial charge in [0.05, 0.1) is 19.0 Å². The number of nitrogens with zero attached hydrogens (tertiary/aromatic N) is 1. The number of carbonyl (C=O) groups excluding carboxylic acids is 1. The van der Waals surface area contributed by atoms with E-state index in [1.165, 1.54) is 6.20 Å². The van der Waals surface area contributed by atoms with Gasteiger partial charge >= 0.3 is 0 Å². The van der Waals surface area contributed by atoms with Gasteiger partial charge < -0.3 is 15.8 Å². The maximum absolute atomic E-state index is 11.9. The molecule has 0 radical (unpaired) electrons. The van der Waals surface area contributed by atoms with Crippen LogP contribution in [0.25, 0.3) is 0 Å². The molecule has 0 saturated carbocycles. The van der Waals surface area contributed by atoms with Crippen LogP contribution in [0.5, 0.6) is 5.75 Å². The van der Waals surface area contributed by atoms with Crippen LogP contribution in [0.15, 0.2) is 36.5 Å². The molecule has 0 bridgehead atoms. The topological polar surface area (TPSA) is 77.2 Å². The zero-order chi connectivity index (χ0) is 14.5. The Bertz CT molecular complexity index is 614. The van der Waals surface area contributed by atoms with E-state index in [1.54, 1.807) is 37.4 Å². The van der Waals surface area contributed by atoms with Crippen molar-refractivity contribution in [1.29, 1.82) is 0 Å². The molecule has 1 amide bonds. The highest BCUT2D eigenvalue weighted by molar-refractivity contribution is 6.31. The summed E-state index contributed by atoms with van der Waals surface area (Å²) in [5.41, 5.74) is 7.05. The van der Waals surface area contributed by atoms with E-state index < -0.39 is 0 Å². The largest absolute Gasteiger partial charge is 0.496 e. The van der Waals surface area contributed by atoms with E-state index in [9.17, 15) is 4.79 Å². The highest BCUT2D eigenvalue weighted by atomic mass is 35.5. The average molecular weight is 292 g/mol. The molecule has 0 saturated heterocycles. The quantitative estimate of drug-likeness (QED) is 0.906. The van der Waals surface area contributed by atoms with Crippen LogP contribution in [-0.2, 0) is 6.54 Å². The number of rotatable bonds is 4. The van der Waals surface area contributed by atoms with Crippen LogP contribution < -0.4 is 15.8 Å². The van der Waals surface area contributed by atoms with E-state index in [4.69, 9.17) is 22.1 Å². The molecule has 0 aliphatic heterocycles. The number of nitrogens with two attached hydrogens (primary N) is 1. The van der Waals surface area contributed by atoms with Gasteiger partial charge in [0.25, 0.3) is 5.91 Å². The average Bonchev–Trinajstić information content (AvgIpc) is 2.46. The Morgan fingerprint density at radius 2 is 2.20 bits per heavy atom. The molecule has 0 atom stereocenters. The van der Waals surface area contributed by atoms with Crippen molar-refractivity contribution in [2.24, 2.45) is 0 Å². The summed E-state index contributed by atoms with van der Waals surface area (Å²) >= 11 is 6.09. The smallest absolute Gasteiger partial charge is 0.270 e. The molecule has 0 fully saturated rings. The van der Waals surface area contributed by atoms with E-state index >= 15 is 0 Å². The number of hydrogen-bond donors (Lipinski definition) is 2. The number of amides is 1. The number of anilines is 1. The van der Waals surface area contributed by atoms with E-state index in [1.807, 2.05) is 0 Å². The first-order chi connectivity index (χ1) is 9.61. The van der Waals surface area contributed by atoms with Gasteiger partial charge in [0.1, 0.15) is 11.4 Å². The Hall–Kier alpha value is -2.27. The minimum Gasteiger partial charge on any atom is -0.496 e. The van der Waals surface area contributed by atoms with Crippen molar-refractivity contribution in [1.82, 2.24) is 10.3 Å². The minimum atomic E-state index is -0.299. The molecular weight excluding hydrogens is 278 g/mol. The number of pyridine rings is 1. The molecule has 5 nitrogen and oxygen atoms in total. The molecular formula is C14H14ClN3O2. The fourth-order valence-electron chi connectivity index (χ4n) is 1.70. The Morgan fingerprint density at radius 1 is 1.40 bits per heavy atom. The summed E-state index contributed by atoms with van der Waals surface area (Å²) in [6.07, 6.45) is 1.44. The number of ether oxygens (including phenoxy) is 1. The molecule has 0 aliphatic rings. The second kappa shape index (κ2) is 6.25. The maximum atomic E-state index is 11.9. The molecule has 0 spiro atoms. The first-order valence-electron chi connectivity index (χ1n) is 5.93. The van der Waals surface area contributed by atoms with Crippen LogP contribution in [0, 0.1) is 0 Å². The molecule has 104 valence electrons. The van der Waals surface area contributed by atoms with Crippen LogP contribution in [0.4, 0.5) is 5.69 Å². The fraction of sp³-hybridized carbons (Fsp3) is 0.143. The van der Waals surface area contributed by atoms with Crippen LogP contribution >= 0.6 is 11.6 Å². The second-order valence-electron chi connectivity index (χ2n) is 4.08.